The molecule has 3 aromatic rings. The Hall–Kier alpha value is -2.40. The number of fused-ring (bicyclic) bond motifs is 1. The molecule has 0 unspecified atom stereocenters. The molecule has 6 heteroatoms. The summed E-state index contributed by atoms with van der Waals surface area (Å²) in [7, 11) is 0. The normalized spacial score (nSPS) is 10.8. The molecule has 21 heavy (non-hydrogen) atoms. The molecule has 0 atom stereocenters. The first-order chi connectivity index (χ1) is 10.2. The van der Waals surface area contributed by atoms with Gasteiger partial charge in [-0.1, -0.05) is 28.9 Å². The second-order valence-electron chi connectivity index (χ2n) is 4.24. The van der Waals surface area contributed by atoms with Gasteiger partial charge in [-0.05, 0) is 24.3 Å². The van der Waals surface area contributed by atoms with Crippen LogP contribution in [0.4, 0.5) is 4.39 Å². The van der Waals surface area contributed by atoms with Gasteiger partial charge in [-0.15, -0.1) is 0 Å². The Kier molecular flexibility index (Phi) is 3.58. The fourth-order valence-electron chi connectivity index (χ4n) is 2.04. The van der Waals surface area contributed by atoms with Crippen LogP contribution in [-0.4, -0.2) is 18.0 Å². The minimum absolute atomic E-state index is 0.112. The van der Waals surface area contributed by atoms with E-state index in [2.05, 4.69) is 5.16 Å². The molecule has 0 aliphatic heterocycles. The monoisotopic (exact) mass is 305 g/mol. The zero-order valence-corrected chi connectivity index (χ0v) is 11.4. The Labute approximate surface area is 124 Å². The lowest BCUT2D eigenvalue weighted by Crippen LogP contribution is -1.98. The standard InChI is InChI=1S/C15H9ClFNO3/c16-13-12(20-8-7-19)6-5-10-14(18-21-15(10)13)9-3-1-2-4-11(9)17/h1-7H,8H2. The van der Waals surface area contributed by atoms with E-state index in [1.165, 1.54) is 6.07 Å². The van der Waals surface area contributed by atoms with E-state index in [4.69, 9.17) is 20.9 Å². The van der Waals surface area contributed by atoms with Crippen LogP contribution in [0.1, 0.15) is 0 Å². The Morgan fingerprint density at radius 3 is 2.86 bits per heavy atom. The van der Waals surface area contributed by atoms with Crippen LogP contribution in [0.2, 0.25) is 5.02 Å². The van der Waals surface area contributed by atoms with Crippen molar-refractivity contribution in [1.82, 2.24) is 5.16 Å². The van der Waals surface area contributed by atoms with Gasteiger partial charge in [0.25, 0.3) is 0 Å². The van der Waals surface area contributed by atoms with Crippen LogP contribution < -0.4 is 4.74 Å². The fourth-order valence-corrected chi connectivity index (χ4v) is 2.29. The molecule has 0 bridgehead atoms. The lowest BCUT2D eigenvalue weighted by atomic mass is 10.1. The quantitative estimate of drug-likeness (QED) is 0.687. The van der Waals surface area contributed by atoms with Gasteiger partial charge in [-0.2, -0.15) is 0 Å². The molecule has 4 nitrogen and oxygen atoms in total. The molecule has 1 heterocycles. The van der Waals surface area contributed by atoms with Crippen LogP contribution in [0, 0.1) is 5.82 Å². The van der Waals surface area contributed by atoms with E-state index < -0.39 is 5.82 Å². The molecular weight excluding hydrogens is 297 g/mol. The Morgan fingerprint density at radius 1 is 1.29 bits per heavy atom. The molecule has 106 valence electrons. The molecular formula is C15H9ClFNO3. The highest BCUT2D eigenvalue weighted by Gasteiger charge is 2.18. The summed E-state index contributed by atoms with van der Waals surface area (Å²) in [6.45, 7) is -0.112. The SMILES string of the molecule is O=CCOc1ccc2c(-c3ccccc3F)noc2c1Cl. The largest absolute Gasteiger partial charge is 0.484 e. The fraction of sp³-hybridized carbons (Fsp3) is 0.0667. The number of rotatable bonds is 4. The van der Waals surface area contributed by atoms with Gasteiger partial charge in [-0.25, -0.2) is 4.39 Å². The second-order valence-corrected chi connectivity index (χ2v) is 4.62. The van der Waals surface area contributed by atoms with Crippen molar-refractivity contribution in [3.8, 4) is 17.0 Å². The first-order valence-corrected chi connectivity index (χ1v) is 6.49. The van der Waals surface area contributed by atoms with Crippen LogP contribution in [0.25, 0.3) is 22.2 Å². The number of nitrogens with zero attached hydrogens (tertiary/aromatic N) is 1. The third-order valence-corrected chi connectivity index (χ3v) is 3.34. The van der Waals surface area contributed by atoms with Gasteiger partial charge in [0.2, 0.25) is 0 Å². The third-order valence-electron chi connectivity index (χ3n) is 2.98. The van der Waals surface area contributed by atoms with Crippen LogP contribution in [0.3, 0.4) is 0 Å². The first kappa shape index (κ1) is 13.6. The Morgan fingerprint density at radius 2 is 2.10 bits per heavy atom. The van der Waals surface area contributed by atoms with Crippen LogP contribution in [0.15, 0.2) is 40.9 Å². The number of aromatic nitrogens is 1. The number of ether oxygens (including phenoxy) is 1. The molecule has 3 rings (SSSR count). The number of halogens is 2. The second kappa shape index (κ2) is 5.54. The van der Waals surface area contributed by atoms with Crippen molar-refractivity contribution in [2.24, 2.45) is 0 Å². The maximum atomic E-state index is 13.8. The van der Waals surface area contributed by atoms with E-state index in [1.807, 2.05) is 0 Å². The molecule has 0 fully saturated rings. The van der Waals surface area contributed by atoms with Crippen molar-refractivity contribution < 1.29 is 18.4 Å². The highest BCUT2D eigenvalue weighted by molar-refractivity contribution is 6.36. The average molecular weight is 306 g/mol. The molecule has 0 saturated heterocycles. The van der Waals surface area contributed by atoms with Crippen LogP contribution in [-0.2, 0) is 4.79 Å². The van der Waals surface area contributed by atoms with Gasteiger partial charge in [0, 0.05) is 5.56 Å². The summed E-state index contributed by atoms with van der Waals surface area (Å²) >= 11 is 6.15. The van der Waals surface area contributed by atoms with E-state index >= 15 is 0 Å². The number of carbonyl (C=O) groups excluding carboxylic acids is 1. The molecule has 0 amide bonds. The maximum Gasteiger partial charge on any atom is 0.189 e. The summed E-state index contributed by atoms with van der Waals surface area (Å²) in [5.74, 6) is -0.0856. The molecule has 0 saturated carbocycles. The molecule has 0 spiro atoms. The van der Waals surface area contributed by atoms with Gasteiger partial charge in [0.05, 0.1) is 5.39 Å². The number of hydrogen-bond donors (Lipinski definition) is 0. The van der Waals surface area contributed by atoms with Crippen molar-refractivity contribution >= 4 is 28.9 Å². The summed E-state index contributed by atoms with van der Waals surface area (Å²) in [4.78, 5) is 10.3. The van der Waals surface area contributed by atoms with Gasteiger partial charge < -0.3 is 9.26 Å². The Bertz CT molecular complexity index is 816. The van der Waals surface area contributed by atoms with Gasteiger partial charge in [0.15, 0.2) is 11.9 Å². The topological polar surface area (TPSA) is 52.3 Å². The molecule has 0 radical (unpaired) electrons. The van der Waals surface area contributed by atoms with E-state index in [1.54, 1.807) is 30.3 Å². The average Bonchev–Trinajstić information content (AvgIpc) is 2.92. The highest BCUT2D eigenvalue weighted by Crippen LogP contribution is 2.37. The molecule has 0 aliphatic carbocycles. The first-order valence-electron chi connectivity index (χ1n) is 6.11. The lowest BCUT2D eigenvalue weighted by Gasteiger charge is -2.04. The number of carbonyl (C=O) groups is 1. The minimum Gasteiger partial charge on any atom is -0.484 e. The van der Waals surface area contributed by atoms with Gasteiger partial charge in [-0.3, -0.25) is 4.79 Å². The predicted octanol–water partition coefficient (Wildman–Crippen LogP) is 3.87. The van der Waals surface area contributed by atoms with E-state index in [0.29, 0.717) is 34.3 Å². The zero-order valence-electron chi connectivity index (χ0n) is 10.7. The summed E-state index contributed by atoms with van der Waals surface area (Å²) < 4.78 is 24.2. The van der Waals surface area contributed by atoms with Crippen molar-refractivity contribution in [3.05, 3.63) is 47.2 Å². The lowest BCUT2D eigenvalue weighted by molar-refractivity contribution is -0.109. The summed E-state index contributed by atoms with van der Waals surface area (Å²) in [5, 5.41) is 4.66. The van der Waals surface area contributed by atoms with Gasteiger partial charge >= 0.3 is 0 Å². The summed E-state index contributed by atoms with van der Waals surface area (Å²) in [5.41, 5.74) is 0.985. The van der Waals surface area contributed by atoms with Gasteiger partial charge in [0.1, 0.15) is 28.9 Å². The number of benzene rings is 2. The predicted molar refractivity (Wildman–Crippen MR) is 76.0 cm³/mol. The number of hydrogen-bond acceptors (Lipinski definition) is 4. The Balaban J connectivity index is 2.14. The van der Waals surface area contributed by atoms with Crippen molar-refractivity contribution in [1.29, 1.82) is 0 Å². The van der Waals surface area contributed by atoms with E-state index in [-0.39, 0.29) is 11.6 Å². The highest BCUT2D eigenvalue weighted by atomic mass is 35.5. The summed E-state index contributed by atoms with van der Waals surface area (Å²) in [6, 6.07) is 9.52. The van der Waals surface area contributed by atoms with Crippen molar-refractivity contribution in [3.63, 3.8) is 0 Å². The van der Waals surface area contributed by atoms with Crippen molar-refractivity contribution in [2.45, 2.75) is 0 Å². The summed E-state index contributed by atoms with van der Waals surface area (Å²) in [6.07, 6.45) is 0.617. The molecule has 2 aromatic carbocycles. The van der Waals surface area contributed by atoms with Crippen LogP contribution in [0.5, 0.6) is 5.75 Å². The maximum absolute atomic E-state index is 13.8. The third kappa shape index (κ3) is 2.36. The number of aldehydes is 1. The smallest absolute Gasteiger partial charge is 0.189 e. The molecule has 1 aromatic heterocycles. The van der Waals surface area contributed by atoms with E-state index in [9.17, 15) is 9.18 Å². The zero-order chi connectivity index (χ0) is 14.8. The van der Waals surface area contributed by atoms with Crippen LogP contribution >= 0.6 is 11.6 Å². The minimum atomic E-state index is -0.398. The molecule has 0 N–H and O–H groups in total. The molecule has 0 aliphatic rings. The van der Waals surface area contributed by atoms with E-state index in [0.717, 1.165) is 0 Å². The van der Waals surface area contributed by atoms with Crippen molar-refractivity contribution in [2.75, 3.05) is 6.61 Å².